The van der Waals surface area contributed by atoms with E-state index in [0.29, 0.717) is 0 Å². The number of anilines is 3. The molecular formula is C46H29NS. The molecule has 48 heavy (non-hydrogen) atoms. The Bertz CT molecular complexity index is 2850. The van der Waals surface area contributed by atoms with E-state index in [4.69, 9.17) is 0 Å². The first kappa shape index (κ1) is 27.2. The van der Waals surface area contributed by atoms with Crippen LogP contribution in [0, 0.1) is 0 Å². The van der Waals surface area contributed by atoms with E-state index in [1.54, 1.807) is 0 Å². The topological polar surface area (TPSA) is 3.24 Å². The summed E-state index contributed by atoms with van der Waals surface area (Å²) >= 11 is 1.88. The fraction of sp³-hybridized carbons (Fsp3) is 0. The molecule has 0 aliphatic carbocycles. The number of hydrogen-bond donors (Lipinski definition) is 0. The van der Waals surface area contributed by atoms with Crippen LogP contribution in [0.15, 0.2) is 176 Å². The summed E-state index contributed by atoms with van der Waals surface area (Å²) < 4.78 is 2.61. The van der Waals surface area contributed by atoms with E-state index in [1.807, 2.05) is 11.3 Å². The highest BCUT2D eigenvalue weighted by Crippen LogP contribution is 2.46. The zero-order valence-electron chi connectivity index (χ0n) is 26.1. The Morgan fingerprint density at radius 2 is 0.938 bits per heavy atom. The van der Waals surface area contributed by atoms with Gasteiger partial charge in [0, 0.05) is 36.9 Å². The van der Waals surface area contributed by atoms with Crippen molar-refractivity contribution in [2.75, 3.05) is 4.90 Å². The summed E-state index contributed by atoms with van der Waals surface area (Å²) in [6.45, 7) is 0. The molecule has 0 amide bonds. The molecule has 1 heterocycles. The lowest BCUT2D eigenvalue weighted by atomic mass is 9.95. The smallest absolute Gasteiger partial charge is 0.0546 e. The van der Waals surface area contributed by atoms with Crippen molar-refractivity contribution < 1.29 is 0 Å². The first-order valence-corrected chi connectivity index (χ1v) is 17.2. The third-order valence-electron chi connectivity index (χ3n) is 9.78. The average Bonchev–Trinajstić information content (AvgIpc) is 3.51. The van der Waals surface area contributed by atoms with Crippen molar-refractivity contribution in [2.24, 2.45) is 0 Å². The predicted octanol–water partition coefficient (Wildman–Crippen LogP) is 13.8. The van der Waals surface area contributed by atoms with Crippen molar-refractivity contribution >= 4 is 91.7 Å². The highest BCUT2D eigenvalue weighted by molar-refractivity contribution is 7.25. The number of nitrogens with zero attached hydrogens (tertiary/aromatic N) is 1. The van der Waals surface area contributed by atoms with Crippen LogP contribution in [0.4, 0.5) is 17.1 Å². The maximum absolute atomic E-state index is 2.47. The molecule has 0 saturated heterocycles. The van der Waals surface area contributed by atoms with Crippen molar-refractivity contribution in [2.45, 2.75) is 0 Å². The zero-order valence-corrected chi connectivity index (χ0v) is 26.9. The third kappa shape index (κ3) is 4.31. The van der Waals surface area contributed by atoms with Crippen LogP contribution in [0.3, 0.4) is 0 Å². The van der Waals surface area contributed by atoms with Crippen molar-refractivity contribution in [1.29, 1.82) is 0 Å². The van der Waals surface area contributed by atoms with Gasteiger partial charge in [0.25, 0.3) is 0 Å². The number of hydrogen-bond acceptors (Lipinski definition) is 2. The Balaban J connectivity index is 1.27. The van der Waals surface area contributed by atoms with Crippen LogP contribution in [0.2, 0.25) is 0 Å². The molecule has 0 N–H and O–H groups in total. The summed E-state index contributed by atoms with van der Waals surface area (Å²) in [6.07, 6.45) is 0. The lowest BCUT2D eigenvalue weighted by molar-refractivity contribution is 1.31. The minimum atomic E-state index is 1.13. The molecule has 1 aromatic heterocycles. The first-order chi connectivity index (χ1) is 23.8. The molecule has 224 valence electrons. The highest BCUT2D eigenvalue weighted by atomic mass is 32.1. The van der Waals surface area contributed by atoms with Gasteiger partial charge >= 0.3 is 0 Å². The van der Waals surface area contributed by atoms with Gasteiger partial charge in [-0.2, -0.15) is 0 Å². The Morgan fingerprint density at radius 3 is 1.79 bits per heavy atom. The van der Waals surface area contributed by atoms with Gasteiger partial charge in [0.2, 0.25) is 0 Å². The molecule has 0 spiro atoms. The van der Waals surface area contributed by atoms with E-state index < -0.39 is 0 Å². The summed E-state index contributed by atoms with van der Waals surface area (Å²) in [7, 11) is 0. The van der Waals surface area contributed by atoms with E-state index in [2.05, 4.69) is 181 Å². The maximum Gasteiger partial charge on any atom is 0.0546 e. The summed E-state index contributed by atoms with van der Waals surface area (Å²) in [5.41, 5.74) is 5.86. The summed E-state index contributed by atoms with van der Waals surface area (Å²) in [6, 6.07) is 64.6. The van der Waals surface area contributed by atoms with Gasteiger partial charge in [0.05, 0.1) is 5.69 Å². The number of thiophene rings is 1. The predicted molar refractivity (Wildman–Crippen MR) is 209 cm³/mol. The Labute approximate surface area is 282 Å². The van der Waals surface area contributed by atoms with Gasteiger partial charge in [-0.25, -0.2) is 0 Å². The normalized spacial score (nSPS) is 11.8. The van der Waals surface area contributed by atoms with Crippen molar-refractivity contribution in [3.05, 3.63) is 176 Å². The van der Waals surface area contributed by atoms with E-state index in [-0.39, 0.29) is 0 Å². The summed E-state index contributed by atoms with van der Waals surface area (Å²) in [4.78, 5) is 2.47. The standard InChI is InChI=1S/C46H29NS/c1-2-11-30(12-3-1)32-16-10-17-35(25-32)47(36-22-24-41-43-26-33-14-4-5-15-34(33)27-45(43)48-46(41)28-36)44-29-42-37-18-7-6-13-31(37)21-23-39(42)38-19-8-9-20-40(38)44/h1-29H. The molecule has 1 nitrogen and oxygen atoms in total. The minimum Gasteiger partial charge on any atom is -0.310 e. The van der Waals surface area contributed by atoms with Gasteiger partial charge in [0.1, 0.15) is 0 Å². The molecule has 2 heteroatoms. The molecule has 10 rings (SSSR count). The second-order valence-corrected chi connectivity index (χ2v) is 13.6. The van der Waals surface area contributed by atoms with Crippen molar-refractivity contribution in [1.82, 2.24) is 0 Å². The molecular weight excluding hydrogens is 599 g/mol. The molecule has 0 saturated carbocycles. The average molecular weight is 628 g/mol. The highest BCUT2D eigenvalue weighted by Gasteiger charge is 2.20. The van der Waals surface area contributed by atoms with Crippen LogP contribution >= 0.6 is 11.3 Å². The van der Waals surface area contributed by atoms with Crippen molar-refractivity contribution in [3.8, 4) is 11.1 Å². The van der Waals surface area contributed by atoms with Gasteiger partial charge in [-0.15, -0.1) is 11.3 Å². The second-order valence-electron chi connectivity index (χ2n) is 12.6. The van der Waals surface area contributed by atoms with Crippen LogP contribution < -0.4 is 4.90 Å². The molecule has 0 aliphatic rings. The third-order valence-corrected chi connectivity index (χ3v) is 10.9. The lowest BCUT2D eigenvalue weighted by Crippen LogP contribution is -2.10. The molecule has 10 aromatic rings. The van der Waals surface area contributed by atoms with Gasteiger partial charge in [-0.3, -0.25) is 0 Å². The molecule has 9 aromatic carbocycles. The Kier molecular flexibility index (Phi) is 6.12. The molecule has 0 bridgehead atoms. The zero-order chi connectivity index (χ0) is 31.6. The molecule has 0 unspecified atom stereocenters. The van der Waals surface area contributed by atoms with Crippen LogP contribution in [-0.4, -0.2) is 0 Å². The quantitative estimate of drug-likeness (QED) is 0.176. The van der Waals surface area contributed by atoms with Gasteiger partial charge in [0.15, 0.2) is 0 Å². The fourth-order valence-corrected chi connectivity index (χ4v) is 8.67. The van der Waals surface area contributed by atoms with Crippen LogP contribution in [0.5, 0.6) is 0 Å². The molecule has 0 fully saturated rings. The van der Waals surface area contributed by atoms with Gasteiger partial charge < -0.3 is 4.90 Å². The Morgan fingerprint density at radius 1 is 0.312 bits per heavy atom. The summed E-state index contributed by atoms with van der Waals surface area (Å²) in [5.74, 6) is 0. The number of rotatable bonds is 4. The largest absolute Gasteiger partial charge is 0.310 e. The Hall–Kier alpha value is -5.96. The SMILES string of the molecule is c1ccc(-c2cccc(N(c3ccc4c(c3)sc3cc5ccccc5cc34)c3cc4c5ccccc5ccc4c4ccccc34)c2)cc1. The van der Waals surface area contributed by atoms with E-state index in [0.717, 1.165) is 11.4 Å². The lowest BCUT2D eigenvalue weighted by Gasteiger charge is -2.28. The van der Waals surface area contributed by atoms with E-state index in [9.17, 15) is 0 Å². The van der Waals surface area contributed by atoms with Crippen LogP contribution in [-0.2, 0) is 0 Å². The van der Waals surface area contributed by atoms with Crippen LogP contribution in [0.1, 0.15) is 0 Å². The van der Waals surface area contributed by atoms with Crippen molar-refractivity contribution in [3.63, 3.8) is 0 Å². The number of benzene rings is 9. The van der Waals surface area contributed by atoms with E-state index >= 15 is 0 Å². The molecule has 0 atom stereocenters. The molecule has 0 aliphatic heterocycles. The number of fused-ring (bicyclic) bond motifs is 9. The monoisotopic (exact) mass is 627 g/mol. The molecule has 0 radical (unpaired) electrons. The first-order valence-electron chi connectivity index (χ1n) is 16.4. The van der Waals surface area contributed by atoms with Gasteiger partial charge in [-0.05, 0) is 91.3 Å². The van der Waals surface area contributed by atoms with Crippen LogP contribution in [0.25, 0.3) is 74.4 Å². The minimum absolute atomic E-state index is 1.13. The second kappa shape index (κ2) is 10.8. The summed E-state index contributed by atoms with van der Waals surface area (Å²) in [5, 5.41) is 12.7. The van der Waals surface area contributed by atoms with Gasteiger partial charge in [-0.1, -0.05) is 133 Å². The fourth-order valence-electron chi connectivity index (χ4n) is 7.50. The van der Waals surface area contributed by atoms with E-state index in [1.165, 1.54) is 80.1 Å². The maximum atomic E-state index is 2.47.